The van der Waals surface area contributed by atoms with Crippen LogP contribution in [0.1, 0.15) is 25.7 Å². The molecule has 2 saturated heterocycles. The minimum atomic E-state index is 0.0953. The summed E-state index contributed by atoms with van der Waals surface area (Å²) in [4.78, 5) is 25.6. The average molecular weight is 333 g/mol. The zero-order chi connectivity index (χ0) is 16.8. The van der Waals surface area contributed by atoms with Gasteiger partial charge < -0.3 is 19.9 Å². The molecule has 1 amide bonds. The number of piperidine rings is 1. The molecule has 0 bridgehead atoms. The van der Waals surface area contributed by atoms with Crippen LogP contribution in [0.2, 0.25) is 0 Å². The van der Waals surface area contributed by atoms with Crippen molar-refractivity contribution >= 4 is 17.4 Å². The molecule has 0 unspecified atom stereocenters. The molecule has 0 spiro atoms. The second kappa shape index (κ2) is 8.28. The highest BCUT2D eigenvalue weighted by Crippen LogP contribution is 2.31. The number of ether oxygens (including phenoxy) is 1. The van der Waals surface area contributed by atoms with E-state index in [1.165, 1.54) is 12.8 Å². The van der Waals surface area contributed by atoms with Crippen molar-refractivity contribution in [2.45, 2.75) is 25.7 Å². The lowest BCUT2D eigenvalue weighted by molar-refractivity contribution is -0.125. The van der Waals surface area contributed by atoms with Crippen molar-refractivity contribution in [3.05, 3.63) is 12.5 Å². The van der Waals surface area contributed by atoms with E-state index in [1.807, 2.05) is 6.20 Å². The van der Waals surface area contributed by atoms with Gasteiger partial charge in [0, 0.05) is 45.8 Å². The number of methoxy groups -OCH3 is 1. The Labute approximate surface area is 143 Å². The molecular weight excluding hydrogens is 306 g/mol. The van der Waals surface area contributed by atoms with E-state index in [4.69, 9.17) is 4.74 Å². The van der Waals surface area contributed by atoms with E-state index in [-0.39, 0.29) is 11.8 Å². The predicted octanol–water partition coefficient (Wildman–Crippen LogP) is 1.06. The van der Waals surface area contributed by atoms with Crippen LogP contribution in [0.5, 0.6) is 0 Å². The first kappa shape index (κ1) is 17.0. The summed E-state index contributed by atoms with van der Waals surface area (Å²) in [6.45, 7) is 5.03. The first-order valence-electron chi connectivity index (χ1n) is 8.86. The lowest BCUT2D eigenvalue weighted by Crippen LogP contribution is -2.41. The Hall–Kier alpha value is -1.89. The van der Waals surface area contributed by atoms with Crippen LogP contribution in [-0.2, 0) is 9.53 Å². The molecule has 0 atom stereocenters. The number of nitrogens with zero attached hydrogens (tertiary/aromatic N) is 4. The molecule has 1 N–H and O–H groups in total. The molecule has 0 saturated carbocycles. The summed E-state index contributed by atoms with van der Waals surface area (Å²) < 4.78 is 4.97. The Balaban J connectivity index is 1.58. The molecule has 3 rings (SSSR count). The van der Waals surface area contributed by atoms with Gasteiger partial charge in [-0.3, -0.25) is 4.79 Å². The number of carbonyl (C=O) groups is 1. The number of anilines is 2. The SMILES string of the molecule is COCCNC(=O)C1CCN(c2cncnc2N2CCCC2)CC1. The number of carbonyl (C=O) groups excluding carboxylic acids is 1. The summed E-state index contributed by atoms with van der Waals surface area (Å²) in [7, 11) is 1.64. The molecule has 7 heteroatoms. The van der Waals surface area contributed by atoms with Crippen molar-refractivity contribution in [1.29, 1.82) is 0 Å². The van der Waals surface area contributed by atoms with E-state index in [0.717, 1.165) is 50.5 Å². The third-order valence-corrected chi connectivity index (χ3v) is 4.89. The lowest BCUT2D eigenvalue weighted by Gasteiger charge is -2.34. The largest absolute Gasteiger partial charge is 0.383 e. The minimum absolute atomic E-state index is 0.0953. The smallest absolute Gasteiger partial charge is 0.223 e. The maximum Gasteiger partial charge on any atom is 0.223 e. The second-order valence-electron chi connectivity index (χ2n) is 6.47. The van der Waals surface area contributed by atoms with Crippen LogP contribution >= 0.6 is 0 Å². The van der Waals surface area contributed by atoms with E-state index in [1.54, 1.807) is 13.4 Å². The van der Waals surface area contributed by atoms with Crippen molar-refractivity contribution < 1.29 is 9.53 Å². The van der Waals surface area contributed by atoms with Crippen LogP contribution in [0.3, 0.4) is 0 Å². The topological polar surface area (TPSA) is 70.6 Å². The van der Waals surface area contributed by atoms with Crippen LogP contribution < -0.4 is 15.1 Å². The first-order chi connectivity index (χ1) is 11.8. The molecule has 7 nitrogen and oxygen atoms in total. The van der Waals surface area contributed by atoms with Crippen molar-refractivity contribution in [2.24, 2.45) is 5.92 Å². The van der Waals surface area contributed by atoms with Crippen LogP contribution in [0, 0.1) is 5.92 Å². The van der Waals surface area contributed by atoms with E-state index in [2.05, 4.69) is 25.1 Å². The van der Waals surface area contributed by atoms with Crippen LogP contribution in [0.4, 0.5) is 11.5 Å². The van der Waals surface area contributed by atoms with E-state index >= 15 is 0 Å². The maximum absolute atomic E-state index is 12.2. The van der Waals surface area contributed by atoms with Gasteiger partial charge in [0.2, 0.25) is 5.91 Å². The lowest BCUT2D eigenvalue weighted by atomic mass is 9.95. The summed E-state index contributed by atoms with van der Waals surface area (Å²) in [6, 6.07) is 0. The van der Waals surface area contributed by atoms with Gasteiger partial charge in [0.1, 0.15) is 6.33 Å². The molecule has 2 aliphatic rings. The third-order valence-electron chi connectivity index (χ3n) is 4.89. The maximum atomic E-state index is 12.2. The number of aromatic nitrogens is 2. The molecule has 1 aromatic heterocycles. The number of rotatable bonds is 6. The van der Waals surface area contributed by atoms with Gasteiger partial charge >= 0.3 is 0 Å². The number of nitrogens with one attached hydrogen (secondary N) is 1. The standard InChI is InChI=1S/C17H27N5O2/c1-24-11-6-19-17(23)14-4-9-21(10-5-14)15-12-18-13-20-16(15)22-7-2-3-8-22/h12-14H,2-11H2,1H3,(H,19,23). The fourth-order valence-corrected chi connectivity index (χ4v) is 3.51. The Kier molecular flexibility index (Phi) is 5.85. The molecule has 2 fully saturated rings. The number of hydrogen-bond acceptors (Lipinski definition) is 6. The van der Waals surface area contributed by atoms with Gasteiger partial charge in [0.25, 0.3) is 0 Å². The minimum Gasteiger partial charge on any atom is -0.383 e. The van der Waals surface area contributed by atoms with Crippen LogP contribution in [0.15, 0.2) is 12.5 Å². The number of amides is 1. The van der Waals surface area contributed by atoms with Gasteiger partial charge in [0.05, 0.1) is 18.5 Å². The zero-order valence-corrected chi connectivity index (χ0v) is 14.4. The molecule has 0 aliphatic carbocycles. The Morgan fingerprint density at radius 2 is 2.00 bits per heavy atom. The highest BCUT2D eigenvalue weighted by Gasteiger charge is 2.27. The summed E-state index contributed by atoms with van der Waals surface area (Å²) >= 11 is 0. The molecular formula is C17H27N5O2. The van der Waals surface area contributed by atoms with Crippen molar-refractivity contribution in [1.82, 2.24) is 15.3 Å². The van der Waals surface area contributed by atoms with Gasteiger partial charge in [0.15, 0.2) is 5.82 Å². The molecule has 3 heterocycles. The monoisotopic (exact) mass is 333 g/mol. The molecule has 2 aliphatic heterocycles. The van der Waals surface area contributed by atoms with E-state index in [0.29, 0.717) is 13.2 Å². The fourth-order valence-electron chi connectivity index (χ4n) is 3.51. The summed E-state index contributed by atoms with van der Waals surface area (Å²) in [6.07, 6.45) is 7.74. The summed E-state index contributed by atoms with van der Waals surface area (Å²) in [5.74, 6) is 1.29. The van der Waals surface area contributed by atoms with Crippen LogP contribution in [-0.4, -0.2) is 62.3 Å². The van der Waals surface area contributed by atoms with Crippen molar-refractivity contribution in [3.63, 3.8) is 0 Å². The molecule has 0 radical (unpaired) electrons. The summed E-state index contributed by atoms with van der Waals surface area (Å²) in [5.41, 5.74) is 1.11. The van der Waals surface area contributed by atoms with Gasteiger partial charge in [-0.05, 0) is 25.7 Å². The Morgan fingerprint density at radius 3 is 2.71 bits per heavy atom. The summed E-state index contributed by atoms with van der Waals surface area (Å²) in [5, 5.41) is 2.95. The highest BCUT2D eigenvalue weighted by molar-refractivity contribution is 5.79. The average Bonchev–Trinajstić information content (AvgIpc) is 3.16. The van der Waals surface area contributed by atoms with E-state index in [9.17, 15) is 4.79 Å². The van der Waals surface area contributed by atoms with Crippen molar-refractivity contribution in [2.75, 3.05) is 56.2 Å². The van der Waals surface area contributed by atoms with Gasteiger partial charge in [-0.25, -0.2) is 9.97 Å². The van der Waals surface area contributed by atoms with Gasteiger partial charge in [-0.2, -0.15) is 0 Å². The normalized spacial score (nSPS) is 18.9. The predicted molar refractivity (Wildman–Crippen MR) is 93.3 cm³/mol. The molecule has 24 heavy (non-hydrogen) atoms. The molecule has 0 aromatic carbocycles. The fraction of sp³-hybridized carbons (Fsp3) is 0.706. The van der Waals surface area contributed by atoms with Crippen molar-refractivity contribution in [3.8, 4) is 0 Å². The molecule has 1 aromatic rings. The second-order valence-corrected chi connectivity index (χ2v) is 6.47. The Morgan fingerprint density at radius 1 is 1.25 bits per heavy atom. The van der Waals surface area contributed by atoms with Gasteiger partial charge in [-0.15, -0.1) is 0 Å². The zero-order valence-electron chi connectivity index (χ0n) is 14.4. The third kappa shape index (κ3) is 3.95. The van der Waals surface area contributed by atoms with Crippen LogP contribution in [0.25, 0.3) is 0 Å². The highest BCUT2D eigenvalue weighted by atomic mass is 16.5. The van der Waals surface area contributed by atoms with E-state index < -0.39 is 0 Å². The molecule has 132 valence electrons. The number of hydrogen-bond donors (Lipinski definition) is 1. The van der Waals surface area contributed by atoms with Gasteiger partial charge in [-0.1, -0.05) is 0 Å². The first-order valence-corrected chi connectivity index (χ1v) is 8.86. The Bertz CT molecular complexity index is 540. The quantitative estimate of drug-likeness (QED) is 0.785.